The second-order valence-corrected chi connectivity index (χ2v) is 5.10. The van der Waals surface area contributed by atoms with Crippen molar-refractivity contribution in [3.63, 3.8) is 0 Å². The van der Waals surface area contributed by atoms with Crippen LogP contribution >= 0.6 is 0 Å². The number of hydrogen-bond acceptors (Lipinski definition) is 3. The molecule has 0 aliphatic rings. The average Bonchev–Trinajstić information content (AvgIpc) is 2.36. The quantitative estimate of drug-likeness (QED) is 0.723. The molecule has 2 N–H and O–H groups in total. The summed E-state index contributed by atoms with van der Waals surface area (Å²) in [6.45, 7) is 7.27. The fourth-order valence-corrected chi connectivity index (χ4v) is 1.69. The van der Waals surface area contributed by atoms with Crippen LogP contribution in [0.15, 0.2) is 0 Å². The number of aliphatic carboxylic acids is 1. The summed E-state index contributed by atoms with van der Waals surface area (Å²) in [6.07, 6.45) is 0.816. The van der Waals surface area contributed by atoms with Gasteiger partial charge in [-0.2, -0.15) is 0 Å². The molecule has 20 heavy (non-hydrogen) atoms. The number of hydrogen-bond donors (Lipinski definition) is 2. The first kappa shape index (κ1) is 18.2. The van der Waals surface area contributed by atoms with Crippen molar-refractivity contribution in [2.75, 3.05) is 26.7 Å². The van der Waals surface area contributed by atoms with Gasteiger partial charge >= 0.3 is 12.0 Å². The van der Waals surface area contributed by atoms with Crippen LogP contribution in [0.5, 0.6) is 0 Å². The fraction of sp³-hybridized carbons (Fsp3) is 0.769. The molecule has 7 nitrogen and oxygen atoms in total. The Kier molecular flexibility index (Phi) is 7.02. The number of amides is 3. The van der Waals surface area contributed by atoms with Crippen LogP contribution in [0.4, 0.5) is 4.79 Å². The highest BCUT2D eigenvalue weighted by molar-refractivity contribution is 5.88. The number of carbonyl (C=O) groups excluding carboxylic acids is 2. The second kappa shape index (κ2) is 7.72. The van der Waals surface area contributed by atoms with Gasteiger partial charge in [-0.3, -0.25) is 4.79 Å². The van der Waals surface area contributed by atoms with Crippen molar-refractivity contribution < 1.29 is 19.5 Å². The van der Waals surface area contributed by atoms with E-state index in [1.165, 1.54) is 30.7 Å². The van der Waals surface area contributed by atoms with E-state index in [-0.39, 0.29) is 19.0 Å². The van der Waals surface area contributed by atoms with E-state index in [0.717, 1.165) is 6.42 Å². The number of nitrogens with zero attached hydrogens (tertiary/aromatic N) is 2. The van der Waals surface area contributed by atoms with Gasteiger partial charge in [0.1, 0.15) is 12.1 Å². The summed E-state index contributed by atoms with van der Waals surface area (Å²) in [5.41, 5.74) is -1.32. The molecular weight excluding hydrogens is 262 g/mol. The van der Waals surface area contributed by atoms with Gasteiger partial charge in [0.2, 0.25) is 5.91 Å². The standard InChI is InChI=1S/C13H25N3O4/c1-6-8-14-10(17)9-15(5)12(20)16(7-2)13(3,4)11(18)19/h6-9H2,1-5H3,(H,14,17)(H,18,19). The third-order valence-electron chi connectivity index (χ3n) is 3.02. The zero-order chi connectivity index (χ0) is 15.9. The van der Waals surface area contributed by atoms with Crippen molar-refractivity contribution in [1.82, 2.24) is 15.1 Å². The van der Waals surface area contributed by atoms with Gasteiger partial charge in [-0.25, -0.2) is 9.59 Å². The number of rotatable bonds is 7. The summed E-state index contributed by atoms with van der Waals surface area (Å²) < 4.78 is 0. The van der Waals surface area contributed by atoms with Crippen LogP contribution in [0.1, 0.15) is 34.1 Å². The highest BCUT2D eigenvalue weighted by atomic mass is 16.4. The molecule has 0 rings (SSSR count). The Morgan fingerprint density at radius 1 is 1.20 bits per heavy atom. The van der Waals surface area contributed by atoms with Gasteiger partial charge in [0.05, 0.1) is 0 Å². The van der Waals surface area contributed by atoms with E-state index >= 15 is 0 Å². The predicted molar refractivity (Wildman–Crippen MR) is 75.4 cm³/mol. The maximum absolute atomic E-state index is 12.2. The van der Waals surface area contributed by atoms with E-state index in [4.69, 9.17) is 0 Å². The molecule has 116 valence electrons. The molecule has 0 bridgehead atoms. The highest BCUT2D eigenvalue weighted by Crippen LogP contribution is 2.16. The number of nitrogens with one attached hydrogen (secondary N) is 1. The monoisotopic (exact) mass is 287 g/mol. The lowest BCUT2D eigenvalue weighted by Crippen LogP contribution is -2.57. The second-order valence-electron chi connectivity index (χ2n) is 5.10. The minimum Gasteiger partial charge on any atom is -0.480 e. The van der Waals surface area contributed by atoms with Crippen molar-refractivity contribution in [1.29, 1.82) is 0 Å². The minimum atomic E-state index is -1.32. The molecule has 0 aliphatic carbocycles. The van der Waals surface area contributed by atoms with Crippen molar-refractivity contribution >= 4 is 17.9 Å². The first-order valence-electron chi connectivity index (χ1n) is 6.71. The van der Waals surface area contributed by atoms with Crippen molar-refractivity contribution in [3.8, 4) is 0 Å². The summed E-state index contributed by atoms with van der Waals surface area (Å²) in [5.74, 6) is -1.34. The Bertz CT molecular complexity index is 369. The first-order chi connectivity index (χ1) is 9.18. The smallest absolute Gasteiger partial charge is 0.329 e. The normalized spacial score (nSPS) is 10.8. The van der Waals surface area contributed by atoms with Crippen LogP contribution < -0.4 is 5.32 Å². The van der Waals surface area contributed by atoms with Crippen LogP contribution in [0.3, 0.4) is 0 Å². The zero-order valence-corrected chi connectivity index (χ0v) is 12.9. The van der Waals surface area contributed by atoms with Gasteiger partial charge in [-0.15, -0.1) is 0 Å². The molecule has 0 atom stereocenters. The molecule has 0 fully saturated rings. The van der Waals surface area contributed by atoms with E-state index in [1.54, 1.807) is 6.92 Å². The van der Waals surface area contributed by atoms with E-state index in [2.05, 4.69) is 5.32 Å². The molecule has 3 amide bonds. The summed E-state index contributed by atoms with van der Waals surface area (Å²) in [7, 11) is 1.48. The van der Waals surface area contributed by atoms with E-state index in [9.17, 15) is 19.5 Å². The van der Waals surface area contributed by atoms with Gasteiger partial charge in [-0.1, -0.05) is 6.92 Å². The number of likely N-dealkylation sites (N-methyl/N-ethyl adjacent to an activating group) is 2. The molecule has 0 spiro atoms. The third-order valence-corrected chi connectivity index (χ3v) is 3.02. The van der Waals surface area contributed by atoms with Crippen LogP contribution in [-0.2, 0) is 9.59 Å². The van der Waals surface area contributed by atoms with Gasteiger partial charge in [0, 0.05) is 20.1 Å². The number of carboxylic acids is 1. The molecule has 7 heteroatoms. The molecular formula is C13H25N3O4. The first-order valence-corrected chi connectivity index (χ1v) is 6.71. The molecule has 0 saturated heterocycles. The summed E-state index contributed by atoms with van der Waals surface area (Å²) in [5, 5.41) is 11.8. The van der Waals surface area contributed by atoms with Gasteiger partial charge in [-0.05, 0) is 27.2 Å². The molecule has 0 saturated carbocycles. The van der Waals surface area contributed by atoms with Crippen LogP contribution in [0.25, 0.3) is 0 Å². The van der Waals surface area contributed by atoms with Crippen LogP contribution in [-0.4, -0.2) is 65.0 Å². The van der Waals surface area contributed by atoms with Crippen molar-refractivity contribution in [2.24, 2.45) is 0 Å². The molecule has 0 unspecified atom stereocenters. The largest absolute Gasteiger partial charge is 0.480 e. The Balaban J connectivity index is 4.77. The summed E-state index contributed by atoms with van der Waals surface area (Å²) in [6, 6.07) is -0.480. The lowest BCUT2D eigenvalue weighted by molar-refractivity contribution is -0.147. The number of carbonyl (C=O) groups is 3. The van der Waals surface area contributed by atoms with E-state index in [1.807, 2.05) is 6.92 Å². The lowest BCUT2D eigenvalue weighted by Gasteiger charge is -2.36. The minimum absolute atomic E-state index is 0.0922. The summed E-state index contributed by atoms with van der Waals surface area (Å²) >= 11 is 0. The van der Waals surface area contributed by atoms with Crippen molar-refractivity contribution in [2.45, 2.75) is 39.7 Å². The Morgan fingerprint density at radius 2 is 1.75 bits per heavy atom. The highest BCUT2D eigenvalue weighted by Gasteiger charge is 2.38. The Labute approximate surface area is 119 Å². The molecule has 0 aliphatic heterocycles. The zero-order valence-electron chi connectivity index (χ0n) is 12.9. The maximum atomic E-state index is 12.2. The molecule has 0 aromatic carbocycles. The van der Waals surface area contributed by atoms with Crippen LogP contribution in [0, 0.1) is 0 Å². The molecule has 0 heterocycles. The maximum Gasteiger partial charge on any atom is 0.329 e. The lowest BCUT2D eigenvalue weighted by atomic mass is 10.0. The fourth-order valence-electron chi connectivity index (χ4n) is 1.69. The molecule has 0 aromatic rings. The van der Waals surface area contributed by atoms with Gasteiger partial charge in [0.25, 0.3) is 0 Å². The van der Waals surface area contributed by atoms with Gasteiger partial charge < -0.3 is 20.2 Å². The molecule has 0 radical (unpaired) electrons. The van der Waals surface area contributed by atoms with E-state index in [0.29, 0.717) is 6.54 Å². The third kappa shape index (κ3) is 4.71. The Morgan fingerprint density at radius 3 is 2.15 bits per heavy atom. The molecule has 0 aromatic heterocycles. The van der Waals surface area contributed by atoms with E-state index < -0.39 is 17.5 Å². The number of carboxylic acid groups (broad SMARTS) is 1. The Hall–Kier alpha value is -1.79. The summed E-state index contributed by atoms with van der Waals surface area (Å²) in [4.78, 5) is 37.5. The van der Waals surface area contributed by atoms with Gasteiger partial charge in [0.15, 0.2) is 0 Å². The topological polar surface area (TPSA) is 90.0 Å². The SMILES string of the molecule is CCCNC(=O)CN(C)C(=O)N(CC)C(C)(C)C(=O)O. The van der Waals surface area contributed by atoms with Crippen LogP contribution in [0.2, 0.25) is 0 Å². The average molecular weight is 287 g/mol. The van der Waals surface area contributed by atoms with Crippen molar-refractivity contribution in [3.05, 3.63) is 0 Å². The number of urea groups is 1. The predicted octanol–water partition coefficient (Wildman–Crippen LogP) is 0.750.